The van der Waals surface area contributed by atoms with E-state index in [9.17, 15) is 0 Å². The molecule has 0 aliphatic heterocycles. The summed E-state index contributed by atoms with van der Waals surface area (Å²) in [5.41, 5.74) is 4.57. The van der Waals surface area contributed by atoms with Crippen LogP contribution in [0.1, 0.15) is 37.0 Å². The molecule has 1 aliphatic carbocycles. The molecule has 1 N–H and O–H groups in total. The summed E-state index contributed by atoms with van der Waals surface area (Å²) in [6.07, 6.45) is 3.89. The fraction of sp³-hybridized carbons (Fsp3) is 0.600. The maximum atomic E-state index is 3.63. The highest BCUT2D eigenvalue weighted by molar-refractivity contribution is 9.09. The van der Waals surface area contributed by atoms with E-state index in [1.807, 2.05) is 0 Å². The third-order valence-electron chi connectivity index (χ3n) is 3.70. The minimum Gasteiger partial charge on any atom is -0.309 e. The predicted molar refractivity (Wildman–Crippen MR) is 77.7 cm³/mol. The summed E-state index contributed by atoms with van der Waals surface area (Å²) in [7, 11) is 0. The van der Waals surface area contributed by atoms with E-state index in [0.717, 1.165) is 11.9 Å². The number of fused-ring (bicyclic) bond motifs is 1. The first-order chi connectivity index (χ1) is 8.20. The second-order valence-electron chi connectivity index (χ2n) is 5.34. The summed E-state index contributed by atoms with van der Waals surface area (Å²) in [6.45, 7) is 5.52. The normalized spacial score (nSPS) is 16.2. The Balaban J connectivity index is 1.95. The van der Waals surface area contributed by atoms with Crippen molar-refractivity contribution in [3.63, 3.8) is 0 Å². The molecule has 1 unspecified atom stereocenters. The van der Waals surface area contributed by atoms with E-state index in [0.29, 0.717) is 12.0 Å². The highest BCUT2D eigenvalue weighted by Gasteiger charge is 2.13. The van der Waals surface area contributed by atoms with Crippen molar-refractivity contribution in [1.29, 1.82) is 0 Å². The molecule has 2 rings (SSSR count). The van der Waals surface area contributed by atoms with Crippen molar-refractivity contribution >= 4 is 15.9 Å². The lowest BCUT2D eigenvalue weighted by atomic mass is 10.0. The van der Waals surface area contributed by atoms with Crippen LogP contribution in [0.25, 0.3) is 0 Å². The van der Waals surface area contributed by atoms with Crippen molar-refractivity contribution in [2.24, 2.45) is 5.92 Å². The molecule has 1 atom stereocenters. The second kappa shape index (κ2) is 6.01. The van der Waals surface area contributed by atoms with Crippen LogP contribution in [0.2, 0.25) is 0 Å². The molecule has 0 radical (unpaired) electrons. The summed E-state index contributed by atoms with van der Waals surface area (Å²) in [5, 5.41) is 4.65. The van der Waals surface area contributed by atoms with Gasteiger partial charge in [-0.1, -0.05) is 48.0 Å². The molecular formula is C15H22BrN. The molecule has 1 aromatic rings. The molecule has 0 heterocycles. The Labute approximate surface area is 113 Å². The van der Waals surface area contributed by atoms with Gasteiger partial charge in [-0.2, -0.15) is 0 Å². The van der Waals surface area contributed by atoms with Gasteiger partial charge in [-0.3, -0.25) is 0 Å². The average Bonchev–Trinajstić information content (AvgIpc) is 2.76. The van der Waals surface area contributed by atoms with Gasteiger partial charge in [0.1, 0.15) is 0 Å². The molecular weight excluding hydrogens is 274 g/mol. The summed E-state index contributed by atoms with van der Waals surface area (Å²) in [5.74, 6) is 0.670. The second-order valence-corrected chi connectivity index (χ2v) is 5.99. The molecule has 0 amide bonds. The summed E-state index contributed by atoms with van der Waals surface area (Å²) < 4.78 is 0. The molecule has 0 saturated heterocycles. The number of hydrogen-bond donors (Lipinski definition) is 1. The van der Waals surface area contributed by atoms with Crippen LogP contribution in [-0.2, 0) is 19.4 Å². The van der Waals surface area contributed by atoms with Gasteiger partial charge in [-0.25, -0.2) is 0 Å². The van der Waals surface area contributed by atoms with Crippen LogP contribution in [0.4, 0.5) is 0 Å². The first-order valence-electron chi connectivity index (χ1n) is 6.60. The van der Waals surface area contributed by atoms with Crippen molar-refractivity contribution in [2.75, 3.05) is 5.33 Å². The average molecular weight is 296 g/mol. The predicted octanol–water partition coefficient (Wildman–Crippen LogP) is 3.68. The zero-order valence-electron chi connectivity index (χ0n) is 10.8. The minimum atomic E-state index is 0.559. The highest BCUT2D eigenvalue weighted by Crippen LogP contribution is 2.22. The van der Waals surface area contributed by atoms with Crippen molar-refractivity contribution < 1.29 is 0 Å². The Kier molecular flexibility index (Phi) is 4.63. The quantitative estimate of drug-likeness (QED) is 0.817. The van der Waals surface area contributed by atoms with Crippen molar-refractivity contribution in [3.05, 3.63) is 34.9 Å². The van der Waals surface area contributed by atoms with Crippen LogP contribution >= 0.6 is 15.9 Å². The fourth-order valence-electron chi connectivity index (χ4n) is 2.45. The lowest BCUT2D eigenvalue weighted by Gasteiger charge is -2.20. The van der Waals surface area contributed by atoms with E-state index >= 15 is 0 Å². The van der Waals surface area contributed by atoms with E-state index < -0.39 is 0 Å². The number of benzene rings is 1. The minimum absolute atomic E-state index is 0.559. The maximum absolute atomic E-state index is 3.63. The first-order valence-corrected chi connectivity index (χ1v) is 7.73. The highest BCUT2D eigenvalue weighted by atomic mass is 79.9. The zero-order chi connectivity index (χ0) is 12.3. The van der Waals surface area contributed by atoms with Crippen LogP contribution < -0.4 is 5.32 Å². The van der Waals surface area contributed by atoms with E-state index in [4.69, 9.17) is 0 Å². The molecule has 17 heavy (non-hydrogen) atoms. The monoisotopic (exact) mass is 295 g/mol. The van der Waals surface area contributed by atoms with Crippen LogP contribution in [-0.4, -0.2) is 11.4 Å². The Morgan fingerprint density at radius 2 is 2.00 bits per heavy atom. The Morgan fingerprint density at radius 3 is 2.71 bits per heavy atom. The number of halogens is 1. The lowest BCUT2D eigenvalue weighted by molar-refractivity contribution is 0.434. The van der Waals surface area contributed by atoms with Crippen molar-refractivity contribution in [2.45, 2.75) is 45.7 Å². The molecule has 0 bridgehead atoms. The van der Waals surface area contributed by atoms with Gasteiger partial charge in [-0.05, 0) is 41.9 Å². The van der Waals surface area contributed by atoms with E-state index in [1.165, 1.54) is 24.8 Å². The Hall–Kier alpha value is -0.340. The third kappa shape index (κ3) is 3.32. The van der Waals surface area contributed by atoms with Gasteiger partial charge in [0, 0.05) is 17.9 Å². The van der Waals surface area contributed by atoms with Crippen molar-refractivity contribution in [1.82, 2.24) is 5.32 Å². The Bertz CT molecular complexity index is 373. The van der Waals surface area contributed by atoms with Gasteiger partial charge in [-0.15, -0.1) is 0 Å². The van der Waals surface area contributed by atoms with Gasteiger partial charge in [0.15, 0.2) is 0 Å². The summed E-state index contributed by atoms with van der Waals surface area (Å²) >= 11 is 3.58. The number of rotatable bonds is 5. The Morgan fingerprint density at radius 1 is 1.24 bits per heavy atom. The van der Waals surface area contributed by atoms with Crippen LogP contribution in [0.5, 0.6) is 0 Å². The van der Waals surface area contributed by atoms with Crippen LogP contribution in [0.3, 0.4) is 0 Å². The van der Waals surface area contributed by atoms with Gasteiger partial charge in [0.25, 0.3) is 0 Å². The third-order valence-corrected chi connectivity index (χ3v) is 4.40. The van der Waals surface area contributed by atoms with Crippen LogP contribution in [0, 0.1) is 5.92 Å². The van der Waals surface area contributed by atoms with E-state index in [2.05, 4.69) is 53.3 Å². The van der Waals surface area contributed by atoms with E-state index in [1.54, 1.807) is 11.1 Å². The first kappa shape index (κ1) is 13.1. The van der Waals surface area contributed by atoms with Gasteiger partial charge in [0.2, 0.25) is 0 Å². The zero-order valence-corrected chi connectivity index (χ0v) is 12.4. The molecule has 1 aromatic carbocycles. The number of hydrogen-bond acceptors (Lipinski definition) is 1. The SMILES string of the molecule is CC(C)C(CBr)NCc1ccc2c(c1)CCC2. The maximum Gasteiger partial charge on any atom is 0.0208 e. The molecule has 1 aliphatic rings. The smallest absolute Gasteiger partial charge is 0.0208 e. The molecule has 1 nitrogen and oxygen atoms in total. The van der Waals surface area contributed by atoms with Gasteiger partial charge in [0.05, 0.1) is 0 Å². The molecule has 2 heteroatoms. The largest absolute Gasteiger partial charge is 0.309 e. The lowest BCUT2D eigenvalue weighted by Crippen LogP contribution is -2.34. The molecule has 0 fully saturated rings. The topological polar surface area (TPSA) is 12.0 Å². The number of aryl methyl sites for hydroxylation is 2. The van der Waals surface area contributed by atoms with Crippen LogP contribution in [0.15, 0.2) is 18.2 Å². The standard InChI is InChI=1S/C15H22BrN/c1-11(2)15(9-16)17-10-12-6-7-13-4-3-5-14(13)8-12/h6-8,11,15,17H,3-5,9-10H2,1-2H3. The molecule has 94 valence electrons. The van der Waals surface area contributed by atoms with Gasteiger partial charge >= 0.3 is 0 Å². The number of alkyl halides is 1. The number of nitrogens with one attached hydrogen (secondary N) is 1. The van der Waals surface area contributed by atoms with E-state index in [-0.39, 0.29) is 0 Å². The molecule has 0 spiro atoms. The summed E-state index contributed by atoms with van der Waals surface area (Å²) in [6, 6.07) is 7.55. The molecule has 0 aromatic heterocycles. The van der Waals surface area contributed by atoms with Gasteiger partial charge < -0.3 is 5.32 Å². The summed E-state index contributed by atoms with van der Waals surface area (Å²) in [4.78, 5) is 0. The fourth-order valence-corrected chi connectivity index (χ4v) is 3.43. The van der Waals surface area contributed by atoms with Crippen molar-refractivity contribution in [3.8, 4) is 0 Å². The molecule has 0 saturated carbocycles.